The van der Waals surface area contributed by atoms with Crippen molar-refractivity contribution in [3.05, 3.63) is 35.9 Å². The molecule has 3 nitrogen and oxygen atoms in total. The molecule has 1 aliphatic rings. The first-order valence-corrected chi connectivity index (χ1v) is 7.88. The molecular formula is C18H27N3. The topological polar surface area (TPSA) is 41.3 Å². The molecule has 0 aliphatic carbocycles. The van der Waals surface area contributed by atoms with Crippen LogP contribution in [0.4, 0.5) is 0 Å². The summed E-state index contributed by atoms with van der Waals surface area (Å²) in [4.78, 5) is 2.53. The Morgan fingerprint density at radius 1 is 1.33 bits per heavy atom. The van der Waals surface area contributed by atoms with Crippen LogP contribution >= 0.6 is 0 Å². The summed E-state index contributed by atoms with van der Waals surface area (Å²) in [5.74, 6) is 2.75. The second-order valence-electron chi connectivity index (χ2n) is 6.09. The predicted octanol–water partition coefficient (Wildman–Crippen LogP) is 1.63. The van der Waals surface area contributed by atoms with Crippen molar-refractivity contribution in [1.29, 1.82) is 0 Å². The molecule has 1 heterocycles. The molecule has 1 fully saturated rings. The summed E-state index contributed by atoms with van der Waals surface area (Å²) < 4.78 is 0. The van der Waals surface area contributed by atoms with Gasteiger partial charge < -0.3 is 10.6 Å². The summed E-state index contributed by atoms with van der Waals surface area (Å²) in [6.07, 6.45) is 8.74. The average molecular weight is 285 g/mol. The van der Waals surface area contributed by atoms with Gasteiger partial charge in [-0.25, -0.2) is 0 Å². The van der Waals surface area contributed by atoms with E-state index in [2.05, 4.69) is 46.5 Å². The van der Waals surface area contributed by atoms with E-state index in [1.165, 1.54) is 5.56 Å². The monoisotopic (exact) mass is 285 g/mol. The second-order valence-corrected chi connectivity index (χ2v) is 6.09. The third-order valence-electron chi connectivity index (χ3n) is 4.54. The molecule has 1 saturated heterocycles. The molecule has 0 spiro atoms. The largest absolute Gasteiger partial charge is 0.329 e. The van der Waals surface area contributed by atoms with Crippen LogP contribution in [0.15, 0.2) is 30.3 Å². The average Bonchev–Trinajstić information content (AvgIpc) is 2.55. The lowest BCUT2D eigenvalue weighted by Crippen LogP contribution is -2.59. The van der Waals surface area contributed by atoms with Crippen LogP contribution in [0.1, 0.15) is 25.3 Å². The van der Waals surface area contributed by atoms with Gasteiger partial charge in [0, 0.05) is 18.6 Å². The number of likely N-dealkylation sites (tertiary alicyclic amines) is 1. The number of nitrogens with zero attached hydrogens (tertiary/aromatic N) is 1. The second kappa shape index (κ2) is 7.61. The Morgan fingerprint density at radius 2 is 2.00 bits per heavy atom. The van der Waals surface area contributed by atoms with Crippen LogP contribution in [-0.4, -0.2) is 42.7 Å². The van der Waals surface area contributed by atoms with E-state index < -0.39 is 0 Å². The molecule has 0 radical (unpaired) electrons. The van der Waals surface area contributed by atoms with Crippen LogP contribution in [-0.2, 0) is 6.42 Å². The van der Waals surface area contributed by atoms with Crippen molar-refractivity contribution in [3.63, 3.8) is 0 Å². The van der Waals surface area contributed by atoms with E-state index in [0.717, 1.165) is 38.9 Å². The van der Waals surface area contributed by atoms with Gasteiger partial charge in [0.25, 0.3) is 0 Å². The smallest absolute Gasteiger partial charge is 0.0663 e. The van der Waals surface area contributed by atoms with Gasteiger partial charge in [-0.15, -0.1) is 6.42 Å². The molecule has 2 rings (SSSR count). The van der Waals surface area contributed by atoms with Gasteiger partial charge in [0.2, 0.25) is 0 Å². The van der Waals surface area contributed by atoms with Gasteiger partial charge in [0.05, 0.1) is 6.04 Å². The lowest BCUT2D eigenvalue weighted by atomic mass is 9.86. The molecule has 1 aliphatic heterocycles. The van der Waals surface area contributed by atoms with Gasteiger partial charge in [-0.1, -0.05) is 36.3 Å². The fourth-order valence-corrected chi connectivity index (χ4v) is 3.04. The molecule has 1 aromatic rings. The maximum absolute atomic E-state index is 6.00. The van der Waals surface area contributed by atoms with Crippen LogP contribution in [0, 0.1) is 12.3 Å². The maximum atomic E-state index is 6.00. The highest BCUT2D eigenvalue weighted by atomic mass is 15.2. The molecule has 0 saturated carbocycles. The van der Waals surface area contributed by atoms with Gasteiger partial charge in [0.1, 0.15) is 0 Å². The summed E-state index contributed by atoms with van der Waals surface area (Å²) >= 11 is 0. The summed E-state index contributed by atoms with van der Waals surface area (Å²) in [5, 5.41) is 3.54. The lowest BCUT2D eigenvalue weighted by Gasteiger charge is -2.43. The summed E-state index contributed by atoms with van der Waals surface area (Å²) in [5.41, 5.74) is 7.43. The van der Waals surface area contributed by atoms with Crippen LogP contribution in [0.3, 0.4) is 0 Å². The molecule has 1 aromatic carbocycles. The van der Waals surface area contributed by atoms with Gasteiger partial charge >= 0.3 is 0 Å². The highest BCUT2D eigenvalue weighted by Crippen LogP contribution is 2.22. The Bertz CT molecular complexity index is 455. The van der Waals surface area contributed by atoms with E-state index in [4.69, 9.17) is 12.2 Å². The molecule has 3 heteroatoms. The Hall–Kier alpha value is -1.34. The van der Waals surface area contributed by atoms with E-state index in [9.17, 15) is 0 Å². The zero-order valence-electron chi connectivity index (χ0n) is 13.0. The fraction of sp³-hybridized carbons (Fsp3) is 0.556. The molecule has 0 bridgehead atoms. The van der Waals surface area contributed by atoms with Gasteiger partial charge in [0.15, 0.2) is 0 Å². The first-order chi connectivity index (χ1) is 10.2. The lowest BCUT2D eigenvalue weighted by molar-refractivity contribution is 0.137. The normalized spacial score (nSPS) is 19.9. The molecule has 114 valence electrons. The minimum absolute atomic E-state index is 0.0229. The quantitative estimate of drug-likeness (QED) is 0.781. The first-order valence-electron chi connectivity index (χ1n) is 7.88. The van der Waals surface area contributed by atoms with E-state index in [1.807, 2.05) is 6.92 Å². The zero-order chi connectivity index (χ0) is 15.1. The standard InChI is InChI=1S/C18H27N3/c1-3-16(2)20-18(15-19)10-13-21(14-11-18)12-9-17-7-5-4-6-8-17/h1,4-8,16,20H,9-15,19H2,2H3. The van der Waals surface area contributed by atoms with E-state index in [1.54, 1.807) is 0 Å². The number of hydrogen-bond donors (Lipinski definition) is 2. The van der Waals surface area contributed by atoms with Gasteiger partial charge in [-0.3, -0.25) is 5.32 Å². The van der Waals surface area contributed by atoms with E-state index in [-0.39, 0.29) is 11.6 Å². The Kier molecular flexibility index (Phi) is 5.81. The molecule has 0 amide bonds. The van der Waals surface area contributed by atoms with E-state index >= 15 is 0 Å². The fourth-order valence-electron chi connectivity index (χ4n) is 3.04. The highest BCUT2D eigenvalue weighted by Gasteiger charge is 2.33. The van der Waals surface area contributed by atoms with Crippen LogP contribution in [0.2, 0.25) is 0 Å². The van der Waals surface area contributed by atoms with Gasteiger partial charge in [-0.05, 0) is 44.8 Å². The number of terminal acetylenes is 1. The minimum Gasteiger partial charge on any atom is -0.329 e. The van der Waals surface area contributed by atoms with Crippen molar-refractivity contribution in [3.8, 4) is 12.3 Å². The van der Waals surface area contributed by atoms with Crippen molar-refractivity contribution in [2.45, 2.75) is 37.8 Å². The highest BCUT2D eigenvalue weighted by molar-refractivity contribution is 5.15. The zero-order valence-corrected chi connectivity index (χ0v) is 13.0. The summed E-state index contributed by atoms with van der Waals surface area (Å²) in [6.45, 7) is 5.99. The number of rotatable bonds is 6. The maximum Gasteiger partial charge on any atom is 0.0663 e. The number of hydrogen-bond acceptors (Lipinski definition) is 3. The van der Waals surface area contributed by atoms with Gasteiger partial charge in [-0.2, -0.15) is 0 Å². The van der Waals surface area contributed by atoms with Crippen LogP contribution < -0.4 is 11.1 Å². The number of nitrogens with two attached hydrogens (primary N) is 1. The van der Waals surface area contributed by atoms with Crippen LogP contribution in [0.25, 0.3) is 0 Å². The molecule has 1 unspecified atom stereocenters. The van der Waals surface area contributed by atoms with Crippen molar-refractivity contribution in [2.24, 2.45) is 5.73 Å². The molecule has 3 N–H and O–H groups in total. The Labute approximate surface area is 128 Å². The van der Waals surface area contributed by atoms with Crippen molar-refractivity contribution in [1.82, 2.24) is 10.2 Å². The van der Waals surface area contributed by atoms with Crippen LogP contribution in [0.5, 0.6) is 0 Å². The third kappa shape index (κ3) is 4.57. The summed E-state index contributed by atoms with van der Waals surface area (Å²) in [7, 11) is 0. The molecular weight excluding hydrogens is 258 g/mol. The molecule has 0 aromatic heterocycles. The summed E-state index contributed by atoms with van der Waals surface area (Å²) in [6, 6.07) is 10.8. The van der Waals surface area contributed by atoms with Crippen molar-refractivity contribution < 1.29 is 0 Å². The number of piperidine rings is 1. The predicted molar refractivity (Wildman–Crippen MR) is 89.0 cm³/mol. The van der Waals surface area contributed by atoms with E-state index in [0.29, 0.717) is 6.54 Å². The Balaban J connectivity index is 1.80. The first kappa shape index (κ1) is 16.0. The molecule has 1 atom stereocenters. The number of nitrogens with one attached hydrogen (secondary N) is 1. The SMILES string of the molecule is C#CC(C)NC1(CN)CCN(CCc2ccccc2)CC1. The Morgan fingerprint density at radius 3 is 2.57 bits per heavy atom. The van der Waals surface area contributed by atoms with Crippen molar-refractivity contribution in [2.75, 3.05) is 26.2 Å². The van der Waals surface area contributed by atoms with Crippen molar-refractivity contribution >= 4 is 0 Å². The number of benzene rings is 1. The minimum atomic E-state index is 0.0229. The molecule has 21 heavy (non-hydrogen) atoms. The third-order valence-corrected chi connectivity index (χ3v) is 4.54.